The highest BCUT2D eigenvalue weighted by atomic mass is 32.2. The highest BCUT2D eigenvalue weighted by molar-refractivity contribution is 7.89. The molecular weight excluding hydrogens is 514 g/mol. The number of nitrogens with one attached hydrogen (secondary N) is 2. The van der Waals surface area contributed by atoms with Gasteiger partial charge in [0.05, 0.1) is 31.3 Å². The maximum atomic E-state index is 12.7. The van der Waals surface area contributed by atoms with Gasteiger partial charge in [0.15, 0.2) is 16.6 Å². The fourth-order valence-electron chi connectivity index (χ4n) is 3.63. The Bertz CT molecular complexity index is 1190. The molecule has 2 aromatic carbocycles. The Labute approximate surface area is 223 Å². The number of rotatable bonds is 11. The van der Waals surface area contributed by atoms with Crippen molar-refractivity contribution >= 4 is 39.3 Å². The van der Waals surface area contributed by atoms with Crippen LogP contribution in [-0.2, 0) is 26.0 Å². The highest BCUT2D eigenvalue weighted by Gasteiger charge is 2.25. The molecule has 0 aromatic heterocycles. The van der Waals surface area contributed by atoms with Crippen molar-refractivity contribution < 1.29 is 27.4 Å². The van der Waals surface area contributed by atoms with Gasteiger partial charge in [-0.15, -0.1) is 0 Å². The van der Waals surface area contributed by atoms with Crippen molar-refractivity contribution in [3.63, 3.8) is 0 Å². The molecule has 0 atom stereocenters. The Balaban J connectivity index is 1.46. The van der Waals surface area contributed by atoms with Crippen molar-refractivity contribution in [2.75, 3.05) is 46.1 Å². The molecule has 1 aliphatic heterocycles. The first-order valence-electron chi connectivity index (χ1n) is 12.2. The summed E-state index contributed by atoms with van der Waals surface area (Å²) < 4.78 is 43.3. The van der Waals surface area contributed by atoms with E-state index in [1.807, 2.05) is 32.0 Å². The summed E-state index contributed by atoms with van der Waals surface area (Å²) in [5.74, 6) is 1.03. The molecule has 3 rings (SSSR count). The van der Waals surface area contributed by atoms with Crippen LogP contribution in [0.4, 0.5) is 0 Å². The van der Waals surface area contributed by atoms with E-state index in [0.717, 1.165) is 5.56 Å². The minimum atomic E-state index is -3.55. The van der Waals surface area contributed by atoms with E-state index in [0.29, 0.717) is 69.5 Å². The van der Waals surface area contributed by atoms with Crippen molar-refractivity contribution in [2.24, 2.45) is 0 Å². The van der Waals surface area contributed by atoms with Gasteiger partial charge in [0.1, 0.15) is 0 Å². The predicted molar refractivity (Wildman–Crippen MR) is 146 cm³/mol. The summed E-state index contributed by atoms with van der Waals surface area (Å²) in [6.45, 7) is 6.94. The number of sulfonamides is 1. The number of hydrogen-bond donors (Lipinski definition) is 2. The number of nitrogens with zero attached hydrogens (tertiary/aromatic N) is 1. The molecule has 0 bridgehead atoms. The molecule has 1 saturated heterocycles. The zero-order valence-corrected chi connectivity index (χ0v) is 22.7. The topological polar surface area (TPSA) is 106 Å². The Morgan fingerprint density at radius 3 is 2.41 bits per heavy atom. The quantitative estimate of drug-likeness (QED) is 0.327. The van der Waals surface area contributed by atoms with E-state index in [9.17, 15) is 13.2 Å². The van der Waals surface area contributed by atoms with Crippen LogP contribution in [0.3, 0.4) is 0 Å². The Hall–Kier alpha value is -2.99. The lowest BCUT2D eigenvalue weighted by Gasteiger charge is -2.26. The van der Waals surface area contributed by atoms with E-state index in [-0.39, 0.29) is 15.9 Å². The van der Waals surface area contributed by atoms with Crippen LogP contribution in [0.25, 0.3) is 6.08 Å². The molecule has 1 fully saturated rings. The summed E-state index contributed by atoms with van der Waals surface area (Å²) in [5, 5.41) is 5.85. The van der Waals surface area contributed by atoms with Gasteiger partial charge in [-0.25, -0.2) is 8.42 Å². The number of carbonyl (C=O) groups is 1. The lowest BCUT2D eigenvalue weighted by molar-refractivity contribution is -0.115. The van der Waals surface area contributed by atoms with E-state index in [2.05, 4.69) is 10.6 Å². The maximum absolute atomic E-state index is 12.7. The van der Waals surface area contributed by atoms with Gasteiger partial charge < -0.3 is 19.5 Å². The van der Waals surface area contributed by atoms with Crippen LogP contribution in [0.1, 0.15) is 25.0 Å². The van der Waals surface area contributed by atoms with E-state index >= 15 is 0 Å². The third-order valence-corrected chi connectivity index (χ3v) is 7.62. The molecule has 0 saturated carbocycles. The average Bonchev–Trinajstić information content (AvgIpc) is 2.90. The molecule has 2 aromatic rings. The van der Waals surface area contributed by atoms with Gasteiger partial charge in [-0.3, -0.25) is 10.1 Å². The van der Waals surface area contributed by atoms with Crippen LogP contribution in [0, 0.1) is 0 Å². The van der Waals surface area contributed by atoms with Crippen LogP contribution < -0.4 is 20.1 Å². The molecule has 2 N–H and O–H groups in total. The maximum Gasteiger partial charge on any atom is 0.250 e. The first kappa shape index (κ1) is 28.6. The SMILES string of the molecule is CCOc1ccc(CCNC(=S)NC(=O)/C=C/c2ccc(S(=O)(=O)N3CCOCC3)cc2)cc1OCC. The summed E-state index contributed by atoms with van der Waals surface area (Å²) in [7, 11) is -3.55. The van der Waals surface area contributed by atoms with Crippen LogP contribution in [0.5, 0.6) is 11.5 Å². The van der Waals surface area contributed by atoms with Crippen molar-refractivity contribution in [3.8, 4) is 11.5 Å². The average molecular weight is 548 g/mol. The molecule has 1 amide bonds. The summed E-state index contributed by atoms with van der Waals surface area (Å²) in [4.78, 5) is 12.4. The second-order valence-corrected chi connectivity index (χ2v) is 10.4. The van der Waals surface area contributed by atoms with Crippen LogP contribution in [0.15, 0.2) is 53.4 Å². The number of thiocarbonyl (C=S) groups is 1. The van der Waals surface area contributed by atoms with Crippen molar-refractivity contribution in [1.29, 1.82) is 0 Å². The van der Waals surface area contributed by atoms with Gasteiger partial charge in [-0.05, 0) is 74.0 Å². The number of benzene rings is 2. The summed E-state index contributed by atoms with van der Waals surface area (Å²) in [6.07, 6.45) is 3.62. The molecule has 11 heteroatoms. The Morgan fingerprint density at radius 1 is 1.05 bits per heavy atom. The Morgan fingerprint density at radius 2 is 1.73 bits per heavy atom. The lowest BCUT2D eigenvalue weighted by atomic mass is 10.1. The second kappa shape index (κ2) is 14.1. The number of morpholine rings is 1. The largest absolute Gasteiger partial charge is 0.490 e. The van der Waals surface area contributed by atoms with Gasteiger partial charge >= 0.3 is 0 Å². The summed E-state index contributed by atoms with van der Waals surface area (Å²) in [6, 6.07) is 12.2. The minimum Gasteiger partial charge on any atom is -0.490 e. The first-order valence-corrected chi connectivity index (χ1v) is 14.0. The van der Waals surface area contributed by atoms with E-state index in [4.69, 9.17) is 26.4 Å². The standard InChI is InChI=1S/C26H33N3O6S2/c1-3-34-23-11-7-21(19-24(23)35-4-2)13-14-27-26(36)28-25(30)12-8-20-5-9-22(10-6-20)37(31,32)29-15-17-33-18-16-29/h5-12,19H,3-4,13-18H2,1-2H3,(H2,27,28,30,36)/b12-8+. The fourth-order valence-corrected chi connectivity index (χ4v) is 5.24. The number of amides is 1. The van der Waals surface area contributed by atoms with Crippen LogP contribution >= 0.6 is 12.2 Å². The van der Waals surface area contributed by atoms with Crippen LogP contribution in [0.2, 0.25) is 0 Å². The van der Waals surface area contributed by atoms with Crippen molar-refractivity contribution in [3.05, 3.63) is 59.7 Å². The van der Waals surface area contributed by atoms with E-state index in [1.54, 1.807) is 18.2 Å². The predicted octanol–water partition coefficient (Wildman–Crippen LogP) is 2.75. The molecule has 9 nitrogen and oxygen atoms in total. The molecular formula is C26H33N3O6S2. The minimum absolute atomic E-state index is 0.210. The smallest absolute Gasteiger partial charge is 0.250 e. The molecule has 0 spiro atoms. The molecule has 200 valence electrons. The number of ether oxygens (including phenoxy) is 3. The van der Waals surface area contributed by atoms with Gasteiger partial charge in [0.25, 0.3) is 0 Å². The summed E-state index contributed by atoms with van der Waals surface area (Å²) in [5.41, 5.74) is 1.74. The molecule has 0 aliphatic carbocycles. The lowest BCUT2D eigenvalue weighted by Crippen LogP contribution is -2.40. The van der Waals surface area contributed by atoms with Gasteiger partial charge in [0, 0.05) is 25.7 Å². The third-order valence-electron chi connectivity index (χ3n) is 5.46. The normalized spacial score (nSPS) is 14.3. The third kappa shape index (κ3) is 8.53. The number of hydrogen-bond acceptors (Lipinski definition) is 7. The highest BCUT2D eigenvalue weighted by Crippen LogP contribution is 2.28. The number of carbonyl (C=O) groups excluding carboxylic acids is 1. The van der Waals surface area contributed by atoms with Crippen LogP contribution in [-0.4, -0.2) is 69.8 Å². The van der Waals surface area contributed by atoms with Crippen molar-refractivity contribution in [1.82, 2.24) is 14.9 Å². The van der Waals surface area contributed by atoms with Crippen molar-refractivity contribution in [2.45, 2.75) is 25.2 Å². The van der Waals surface area contributed by atoms with E-state index < -0.39 is 10.0 Å². The molecule has 0 radical (unpaired) electrons. The zero-order chi connectivity index (χ0) is 26.7. The second-order valence-electron chi connectivity index (χ2n) is 8.06. The van der Waals surface area contributed by atoms with Gasteiger partial charge in [-0.2, -0.15) is 4.31 Å². The molecule has 37 heavy (non-hydrogen) atoms. The fraction of sp³-hybridized carbons (Fsp3) is 0.385. The first-order chi connectivity index (χ1) is 17.8. The Kier molecular flexibility index (Phi) is 10.9. The van der Waals surface area contributed by atoms with Gasteiger partial charge in [0.2, 0.25) is 15.9 Å². The monoisotopic (exact) mass is 547 g/mol. The van der Waals surface area contributed by atoms with E-state index in [1.165, 1.54) is 22.5 Å². The summed E-state index contributed by atoms with van der Waals surface area (Å²) >= 11 is 5.22. The molecule has 0 unspecified atom stereocenters. The molecule has 1 heterocycles. The van der Waals surface area contributed by atoms with Gasteiger partial charge in [-0.1, -0.05) is 18.2 Å². The molecule has 1 aliphatic rings. The zero-order valence-electron chi connectivity index (χ0n) is 21.1.